The fourth-order valence-electron chi connectivity index (χ4n) is 1.15. The number of halogens is 1. The van der Waals surface area contributed by atoms with Gasteiger partial charge in [0.1, 0.15) is 10.8 Å². The van der Waals surface area contributed by atoms with Crippen LogP contribution < -0.4 is 5.32 Å². The lowest BCUT2D eigenvalue weighted by molar-refractivity contribution is 0.858. The molecule has 1 N–H and O–H groups in total. The van der Waals surface area contributed by atoms with Crippen molar-refractivity contribution in [2.45, 2.75) is 13.0 Å². The Kier molecular flexibility index (Phi) is 3.13. The van der Waals surface area contributed by atoms with Crippen molar-refractivity contribution in [3.05, 3.63) is 34.1 Å². The average Bonchev–Trinajstić information content (AvgIpc) is 2.70. The molecule has 0 saturated heterocycles. The van der Waals surface area contributed by atoms with Crippen LogP contribution >= 0.6 is 22.9 Å². The number of anilines is 1. The molecule has 2 rings (SSSR count). The molecule has 0 amide bonds. The third-order valence-electron chi connectivity index (χ3n) is 1.81. The van der Waals surface area contributed by atoms with Gasteiger partial charge in [0.05, 0.1) is 6.04 Å². The molecule has 0 aliphatic carbocycles. The van der Waals surface area contributed by atoms with Crippen molar-refractivity contribution >= 4 is 28.8 Å². The zero-order chi connectivity index (χ0) is 10.7. The Labute approximate surface area is 96.4 Å². The molecule has 1 atom stereocenters. The minimum atomic E-state index is 0.121. The van der Waals surface area contributed by atoms with E-state index >= 15 is 0 Å². The van der Waals surface area contributed by atoms with Crippen molar-refractivity contribution < 1.29 is 0 Å². The van der Waals surface area contributed by atoms with Crippen molar-refractivity contribution in [1.82, 2.24) is 15.0 Å². The number of nitrogens with one attached hydrogen (secondary N) is 1. The van der Waals surface area contributed by atoms with Gasteiger partial charge in [0.25, 0.3) is 0 Å². The zero-order valence-electron chi connectivity index (χ0n) is 8.01. The van der Waals surface area contributed by atoms with Crippen LogP contribution in [-0.2, 0) is 0 Å². The molecule has 0 saturated carbocycles. The van der Waals surface area contributed by atoms with E-state index in [1.54, 1.807) is 29.8 Å². The van der Waals surface area contributed by atoms with E-state index in [1.807, 2.05) is 12.3 Å². The molecular weight excluding hydrogens is 232 g/mol. The second-order valence-corrected chi connectivity index (χ2v) is 4.21. The fraction of sp³-hybridized carbons (Fsp3) is 0.222. The Morgan fingerprint density at radius 1 is 1.40 bits per heavy atom. The summed E-state index contributed by atoms with van der Waals surface area (Å²) in [5, 5.41) is 6.40. The highest BCUT2D eigenvalue weighted by atomic mass is 35.5. The van der Waals surface area contributed by atoms with Crippen molar-refractivity contribution in [2.24, 2.45) is 0 Å². The molecule has 6 heteroatoms. The van der Waals surface area contributed by atoms with Crippen LogP contribution in [0.15, 0.2) is 23.8 Å². The highest BCUT2D eigenvalue weighted by Crippen LogP contribution is 2.19. The summed E-state index contributed by atoms with van der Waals surface area (Å²) in [6.07, 6.45) is 3.40. The van der Waals surface area contributed by atoms with Crippen LogP contribution in [0.4, 0.5) is 5.82 Å². The average molecular weight is 241 g/mol. The summed E-state index contributed by atoms with van der Waals surface area (Å²) in [7, 11) is 0. The van der Waals surface area contributed by atoms with E-state index < -0.39 is 0 Å². The highest BCUT2D eigenvalue weighted by molar-refractivity contribution is 7.09. The van der Waals surface area contributed by atoms with Gasteiger partial charge >= 0.3 is 0 Å². The molecular formula is C9H9ClN4S. The smallest absolute Gasteiger partial charge is 0.224 e. The maximum absolute atomic E-state index is 5.68. The lowest BCUT2D eigenvalue weighted by atomic mass is 10.3. The molecule has 0 aliphatic rings. The highest BCUT2D eigenvalue weighted by Gasteiger charge is 2.08. The molecule has 0 bridgehead atoms. The summed E-state index contributed by atoms with van der Waals surface area (Å²) in [5.41, 5.74) is 0. The van der Waals surface area contributed by atoms with Gasteiger partial charge in [-0.2, -0.15) is 0 Å². The summed E-state index contributed by atoms with van der Waals surface area (Å²) in [6, 6.07) is 1.90. The predicted molar refractivity (Wildman–Crippen MR) is 61.2 cm³/mol. The number of rotatable bonds is 3. The summed E-state index contributed by atoms with van der Waals surface area (Å²) < 4.78 is 0. The Balaban J connectivity index is 2.09. The summed E-state index contributed by atoms with van der Waals surface area (Å²) in [5.74, 6) is 0.706. The summed E-state index contributed by atoms with van der Waals surface area (Å²) >= 11 is 7.28. The first kappa shape index (κ1) is 10.3. The van der Waals surface area contributed by atoms with E-state index in [2.05, 4.69) is 20.3 Å². The molecule has 15 heavy (non-hydrogen) atoms. The minimum absolute atomic E-state index is 0.121. The summed E-state index contributed by atoms with van der Waals surface area (Å²) in [6.45, 7) is 2.02. The van der Waals surface area contributed by atoms with Gasteiger partial charge in [-0.15, -0.1) is 11.3 Å². The third-order valence-corrected chi connectivity index (χ3v) is 2.95. The lowest BCUT2D eigenvalue weighted by Gasteiger charge is -2.11. The number of aromatic nitrogens is 3. The van der Waals surface area contributed by atoms with Crippen LogP contribution in [0.3, 0.4) is 0 Å². The van der Waals surface area contributed by atoms with Gasteiger partial charge in [0.2, 0.25) is 5.28 Å². The molecule has 0 fully saturated rings. The largest absolute Gasteiger partial charge is 0.361 e. The number of hydrogen-bond acceptors (Lipinski definition) is 5. The number of hydrogen-bond donors (Lipinski definition) is 1. The second kappa shape index (κ2) is 4.55. The van der Waals surface area contributed by atoms with Gasteiger partial charge in [-0.25, -0.2) is 15.0 Å². The molecule has 2 heterocycles. The van der Waals surface area contributed by atoms with E-state index in [4.69, 9.17) is 11.6 Å². The van der Waals surface area contributed by atoms with E-state index in [9.17, 15) is 0 Å². The van der Waals surface area contributed by atoms with Gasteiger partial charge in [-0.3, -0.25) is 0 Å². The molecule has 78 valence electrons. The monoisotopic (exact) mass is 240 g/mol. The van der Waals surface area contributed by atoms with Crippen LogP contribution in [0.25, 0.3) is 0 Å². The van der Waals surface area contributed by atoms with Crippen LogP contribution in [0.1, 0.15) is 18.0 Å². The Morgan fingerprint density at radius 2 is 2.27 bits per heavy atom. The number of nitrogens with zero attached hydrogens (tertiary/aromatic N) is 3. The normalized spacial score (nSPS) is 12.4. The molecule has 0 spiro atoms. The van der Waals surface area contributed by atoms with Crippen molar-refractivity contribution in [3.8, 4) is 0 Å². The van der Waals surface area contributed by atoms with Crippen LogP contribution in [0, 0.1) is 0 Å². The van der Waals surface area contributed by atoms with E-state index in [0.717, 1.165) is 5.01 Å². The van der Waals surface area contributed by atoms with Crippen molar-refractivity contribution in [1.29, 1.82) is 0 Å². The van der Waals surface area contributed by atoms with Gasteiger partial charge < -0.3 is 5.32 Å². The molecule has 1 unspecified atom stereocenters. The van der Waals surface area contributed by atoms with Gasteiger partial charge in [-0.1, -0.05) is 0 Å². The second-order valence-electron chi connectivity index (χ2n) is 2.95. The van der Waals surface area contributed by atoms with Crippen LogP contribution in [-0.4, -0.2) is 15.0 Å². The molecule has 2 aromatic rings. The number of thiazole rings is 1. The quantitative estimate of drug-likeness (QED) is 0.839. The SMILES string of the molecule is CC(Nc1ccnc(Cl)n1)c1nccs1. The molecule has 0 radical (unpaired) electrons. The predicted octanol–water partition coefficient (Wildman–Crippen LogP) is 2.76. The van der Waals surface area contributed by atoms with Gasteiger partial charge in [0, 0.05) is 17.8 Å². The fourth-order valence-corrected chi connectivity index (χ4v) is 1.94. The van der Waals surface area contributed by atoms with Crippen molar-refractivity contribution in [3.63, 3.8) is 0 Å². The third kappa shape index (κ3) is 2.64. The molecule has 0 aliphatic heterocycles. The zero-order valence-corrected chi connectivity index (χ0v) is 9.59. The molecule has 0 aromatic carbocycles. The maximum atomic E-state index is 5.68. The summed E-state index contributed by atoms with van der Waals surface area (Å²) in [4.78, 5) is 12.1. The van der Waals surface area contributed by atoms with Crippen molar-refractivity contribution in [2.75, 3.05) is 5.32 Å². The van der Waals surface area contributed by atoms with Gasteiger partial charge in [-0.05, 0) is 24.6 Å². The molecule has 4 nitrogen and oxygen atoms in total. The standard InChI is InChI=1S/C9H9ClN4S/c1-6(8-11-4-5-15-8)13-7-2-3-12-9(10)14-7/h2-6H,1H3,(H,12,13,14). The first-order valence-electron chi connectivity index (χ1n) is 4.40. The lowest BCUT2D eigenvalue weighted by Crippen LogP contribution is -2.07. The topological polar surface area (TPSA) is 50.7 Å². The Morgan fingerprint density at radius 3 is 2.93 bits per heavy atom. The molecule has 2 aromatic heterocycles. The maximum Gasteiger partial charge on any atom is 0.224 e. The van der Waals surface area contributed by atoms with Crippen LogP contribution in [0.5, 0.6) is 0 Å². The van der Waals surface area contributed by atoms with Crippen LogP contribution in [0.2, 0.25) is 5.28 Å². The minimum Gasteiger partial charge on any atom is -0.361 e. The Hall–Kier alpha value is -1.20. The first-order valence-corrected chi connectivity index (χ1v) is 5.66. The first-order chi connectivity index (χ1) is 7.25. The van der Waals surface area contributed by atoms with Gasteiger partial charge in [0.15, 0.2) is 0 Å². The Bertz CT molecular complexity index is 431. The van der Waals surface area contributed by atoms with E-state index in [-0.39, 0.29) is 11.3 Å². The van der Waals surface area contributed by atoms with E-state index in [1.165, 1.54) is 0 Å². The van der Waals surface area contributed by atoms with E-state index in [0.29, 0.717) is 5.82 Å².